The van der Waals surface area contributed by atoms with Crippen LogP contribution in [0.1, 0.15) is 34.8 Å². The Kier molecular flexibility index (Phi) is 7.32. The van der Waals surface area contributed by atoms with Crippen molar-refractivity contribution in [3.63, 3.8) is 0 Å². The van der Waals surface area contributed by atoms with Crippen LogP contribution in [-0.2, 0) is 11.8 Å². The Bertz CT molecular complexity index is 1630. The van der Waals surface area contributed by atoms with Crippen LogP contribution in [0.2, 0.25) is 0 Å². The van der Waals surface area contributed by atoms with E-state index in [1.165, 1.54) is 30.0 Å². The highest BCUT2D eigenvalue weighted by atomic mass is 19.1. The minimum absolute atomic E-state index is 0.186. The maximum absolute atomic E-state index is 13.4. The van der Waals surface area contributed by atoms with Crippen LogP contribution < -0.4 is 16.0 Å². The van der Waals surface area contributed by atoms with Crippen LogP contribution in [0, 0.1) is 5.82 Å². The van der Waals surface area contributed by atoms with Crippen molar-refractivity contribution >= 4 is 28.6 Å². The van der Waals surface area contributed by atoms with Crippen molar-refractivity contribution in [2.75, 3.05) is 18.4 Å². The Morgan fingerprint density at radius 3 is 2.64 bits per heavy atom. The fourth-order valence-corrected chi connectivity index (χ4v) is 3.93. The summed E-state index contributed by atoms with van der Waals surface area (Å²) < 4.78 is 19.2. The summed E-state index contributed by atoms with van der Waals surface area (Å²) in [5, 5.41) is 21.0. The number of halogens is 1. The number of carbonyl (C=O) groups excluding carboxylic acids is 2. The highest BCUT2D eigenvalue weighted by Crippen LogP contribution is 2.26. The van der Waals surface area contributed by atoms with Gasteiger partial charge in [0.15, 0.2) is 11.4 Å². The molecule has 1 unspecified atom stereocenters. The maximum atomic E-state index is 13.4. The van der Waals surface area contributed by atoms with Crippen LogP contribution in [0.25, 0.3) is 22.6 Å². The fourth-order valence-electron chi connectivity index (χ4n) is 3.93. The van der Waals surface area contributed by atoms with Gasteiger partial charge in [0.2, 0.25) is 11.8 Å². The third-order valence-corrected chi connectivity index (χ3v) is 5.69. The summed E-state index contributed by atoms with van der Waals surface area (Å²) in [6, 6.07) is 14.0. The first kappa shape index (κ1) is 25.6. The number of benzene rings is 2. The van der Waals surface area contributed by atoms with Crippen LogP contribution in [0.3, 0.4) is 0 Å². The molecule has 12 nitrogen and oxygen atoms in total. The zero-order chi connectivity index (χ0) is 27.4. The van der Waals surface area contributed by atoms with Gasteiger partial charge in [-0.25, -0.2) is 9.37 Å². The summed E-state index contributed by atoms with van der Waals surface area (Å²) >= 11 is 0. The minimum atomic E-state index is -0.442. The van der Waals surface area contributed by atoms with Gasteiger partial charge in [-0.2, -0.15) is 4.80 Å². The Labute approximate surface area is 221 Å². The molecule has 3 aromatic heterocycles. The second-order valence-electron chi connectivity index (χ2n) is 8.64. The number of carbonyl (C=O) groups is 2. The van der Waals surface area contributed by atoms with E-state index >= 15 is 0 Å². The number of nitrogens with zero attached hydrogens (tertiary/aromatic N) is 6. The zero-order valence-electron chi connectivity index (χ0n) is 21.1. The molecule has 0 fully saturated rings. The molecule has 3 N–H and O–H groups in total. The van der Waals surface area contributed by atoms with Gasteiger partial charge in [0, 0.05) is 37.5 Å². The number of fused-ring (bicyclic) bond motifs is 1. The van der Waals surface area contributed by atoms with Gasteiger partial charge in [0.05, 0.1) is 13.1 Å². The maximum Gasteiger partial charge on any atom is 0.269 e. The first-order chi connectivity index (χ1) is 18.9. The van der Waals surface area contributed by atoms with Crippen molar-refractivity contribution in [2.24, 2.45) is 7.05 Å². The van der Waals surface area contributed by atoms with E-state index in [1.54, 1.807) is 49.5 Å². The van der Waals surface area contributed by atoms with E-state index in [0.29, 0.717) is 40.6 Å². The number of tetrazole rings is 1. The summed E-state index contributed by atoms with van der Waals surface area (Å²) in [6.07, 6.45) is 1.50. The molecular formula is C26H24FN9O3. The lowest BCUT2D eigenvalue weighted by molar-refractivity contribution is -0.114. The van der Waals surface area contributed by atoms with Gasteiger partial charge < -0.3 is 20.4 Å². The number of hydrogen-bond donors (Lipinski definition) is 3. The first-order valence-corrected chi connectivity index (χ1v) is 12.0. The second-order valence-corrected chi connectivity index (χ2v) is 8.64. The van der Waals surface area contributed by atoms with Crippen LogP contribution in [0.15, 0.2) is 65.2 Å². The van der Waals surface area contributed by atoms with E-state index in [-0.39, 0.29) is 29.9 Å². The van der Waals surface area contributed by atoms with Crippen LogP contribution in [0.4, 0.5) is 10.1 Å². The Balaban J connectivity index is 1.23. The molecule has 39 heavy (non-hydrogen) atoms. The van der Waals surface area contributed by atoms with Crippen molar-refractivity contribution < 1.29 is 18.4 Å². The van der Waals surface area contributed by atoms with Crippen molar-refractivity contribution in [1.29, 1.82) is 0 Å². The molecule has 5 rings (SSSR count). The number of hydrogen-bond acceptors (Lipinski definition) is 9. The molecule has 0 bridgehead atoms. The number of amides is 2. The second kappa shape index (κ2) is 11.1. The number of aryl methyl sites for hydroxylation is 1. The number of nitrogens with one attached hydrogen (secondary N) is 3. The van der Waals surface area contributed by atoms with Gasteiger partial charge in [-0.05, 0) is 53.2 Å². The molecular weight excluding hydrogens is 505 g/mol. The van der Waals surface area contributed by atoms with Crippen molar-refractivity contribution in [3.8, 4) is 11.5 Å². The number of oxazole rings is 1. The monoisotopic (exact) mass is 529 g/mol. The van der Waals surface area contributed by atoms with Gasteiger partial charge in [-0.3, -0.25) is 14.6 Å². The van der Waals surface area contributed by atoms with E-state index < -0.39 is 6.04 Å². The van der Waals surface area contributed by atoms with Crippen molar-refractivity contribution in [2.45, 2.75) is 13.0 Å². The van der Waals surface area contributed by atoms with Gasteiger partial charge in [-0.15, -0.1) is 10.2 Å². The van der Waals surface area contributed by atoms with E-state index in [4.69, 9.17) is 4.42 Å². The summed E-state index contributed by atoms with van der Waals surface area (Å²) in [5.41, 5.74) is 3.25. The van der Waals surface area contributed by atoms with Gasteiger partial charge in [0.1, 0.15) is 17.0 Å². The Morgan fingerprint density at radius 2 is 1.90 bits per heavy atom. The first-order valence-electron chi connectivity index (χ1n) is 12.0. The molecule has 0 radical (unpaired) electrons. The topological polar surface area (TPSA) is 153 Å². The predicted molar refractivity (Wildman–Crippen MR) is 139 cm³/mol. The van der Waals surface area contributed by atoms with E-state index in [9.17, 15) is 14.0 Å². The molecule has 198 valence electrons. The van der Waals surface area contributed by atoms with Crippen LogP contribution in [0.5, 0.6) is 0 Å². The van der Waals surface area contributed by atoms with Crippen LogP contribution >= 0.6 is 0 Å². The van der Waals surface area contributed by atoms with E-state index in [1.807, 2.05) is 0 Å². The summed E-state index contributed by atoms with van der Waals surface area (Å²) in [6.45, 7) is 2.07. The van der Waals surface area contributed by atoms with Crippen LogP contribution in [-0.4, -0.2) is 55.1 Å². The number of pyridine rings is 1. The van der Waals surface area contributed by atoms with E-state index in [2.05, 4.69) is 41.3 Å². The van der Waals surface area contributed by atoms with Gasteiger partial charge in [0.25, 0.3) is 5.91 Å². The standard InChI is InChI=1S/C26H24FN9O3/c1-15(37)31-19-7-8-22-20(14-19)32-26(39-22)17-9-10-28-21(13-17)25(38)30-12-11-29-23(24-33-35-36(2)34-24)16-3-5-18(27)6-4-16/h3-10,13-14,23,29H,11-12H2,1-2H3,(H,30,38)(H,31,37). The molecule has 13 heteroatoms. The SMILES string of the molecule is CC(=O)Nc1ccc2oc(-c3ccnc(C(=O)NCCNC(c4ccc(F)cc4)c4nnn(C)n4)c3)nc2c1. The van der Waals surface area contributed by atoms with Crippen molar-refractivity contribution in [3.05, 3.63) is 83.7 Å². The molecule has 1 atom stereocenters. The normalized spacial score (nSPS) is 11.9. The predicted octanol–water partition coefficient (Wildman–Crippen LogP) is 2.62. The molecule has 0 saturated heterocycles. The average molecular weight is 530 g/mol. The average Bonchev–Trinajstić information content (AvgIpc) is 3.55. The third kappa shape index (κ3) is 6.10. The Morgan fingerprint density at radius 1 is 1.08 bits per heavy atom. The Hall–Kier alpha value is -5.04. The molecule has 2 amide bonds. The molecule has 0 aliphatic heterocycles. The molecule has 0 saturated carbocycles. The summed E-state index contributed by atoms with van der Waals surface area (Å²) in [7, 11) is 1.66. The van der Waals surface area contributed by atoms with Gasteiger partial charge in [-0.1, -0.05) is 12.1 Å². The highest BCUT2D eigenvalue weighted by molar-refractivity contribution is 5.94. The highest BCUT2D eigenvalue weighted by Gasteiger charge is 2.19. The summed E-state index contributed by atoms with van der Waals surface area (Å²) in [4.78, 5) is 34.1. The van der Waals surface area contributed by atoms with E-state index in [0.717, 1.165) is 5.56 Å². The molecule has 0 aliphatic carbocycles. The molecule has 5 aromatic rings. The molecule has 2 aromatic carbocycles. The minimum Gasteiger partial charge on any atom is -0.436 e. The van der Waals surface area contributed by atoms with Gasteiger partial charge >= 0.3 is 0 Å². The number of rotatable bonds is 9. The lowest BCUT2D eigenvalue weighted by atomic mass is 10.1. The molecule has 0 aliphatic rings. The van der Waals surface area contributed by atoms with Crippen molar-refractivity contribution in [1.82, 2.24) is 40.8 Å². The molecule has 0 spiro atoms. The summed E-state index contributed by atoms with van der Waals surface area (Å²) in [5.74, 6) is -0.165. The fraction of sp³-hybridized carbons (Fsp3) is 0.192. The largest absolute Gasteiger partial charge is 0.436 e. The number of anilines is 1. The number of aromatic nitrogens is 6. The quantitative estimate of drug-likeness (QED) is 0.245. The lowest BCUT2D eigenvalue weighted by Crippen LogP contribution is -2.34. The third-order valence-electron chi connectivity index (χ3n) is 5.69. The lowest BCUT2D eigenvalue weighted by Gasteiger charge is -2.16. The smallest absolute Gasteiger partial charge is 0.269 e. The molecule has 3 heterocycles. The zero-order valence-corrected chi connectivity index (χ0v) is 21.1.